The van der Waals surface area contributed by atoms with E-state index in [9.17, 15) is 0 Å². The van der Waals surface area contributed by atoms with Crippen molar-refractivity contribution in [2.75, 3.05) is 58.4 Å². The Labute approximate surface area is 137 Å². The van der Waals surface area contributed by atoms with Gasteiger partial charge in [-0.05, 0) is 12.2 Å². The number of ether oxygens (including phenoxy) is 1. The topological polar surface area (TPSA) is 54.1 Å². The summed E-state index contributed by atoms with van der Waals surface area (Å²) in [6, 6.07) is 0. The van der Waals surface area contributed by atoms with Crippen LogP contribution in [0.1, 0.15) is 6.42 Å². The molecular formula is C12H25IN4OS. The molecule has 0 amide bonds. The number of nitrogens with zero attached hydrogens (tertiary/aromatic N) is 3. The van der Waals surface area contributed by atoms with Crippen LogP contribution in [0.15, 0.2) is 4.99 Å². The molecular weight excluding hydrogens is 375 g/mol. The van der Waals surface area contributed by atoms with Crippen LogP contribution in [0.25, 0.3) is 0 Å². The van der Waals surface area contributed by atoms with Crippen LogP contribution in [0.3, 0.4) is 0 Å². The highest BCUT2D eigenvalue weighted by Crippen LogP contribution is 2.34. The van der Waals surface area contributed by atoms with Gasteiger partial charge in [-0.1, -0.05) is 0 Å². The lowest BCUT2D eigenvalue weighted by Gasteiger charge is -2.42. The van der Waals surface area contributed by atoms with Gasteiger partial charge in [0.25, 0.3) is 0 Å². The maximum absolute atomic E-state index is 5.91. The Kier molecular flexibility index (Phi) is 7.20. The van der Waals surface area contributed by atoms with Crippen molar-refractivity contribution in [3.05, 3.63) is 0 Å². The van der Waals surface area contributed by atoms with Gasteiger partial charge in [-0.15, -0.1) is 24.0 Å². The van der Waals surface area contributed by atoms with Crippen molar-refractivity contribution in [2.24, 2.45) is 10.7 Å². The highest BCUT2D eigenvalue weighted by atomic mass is 127. The Morgan fingerprint density at radius 3 is 2.63 bits per heavy atom. The van der Waals surface area contributed by atoms with E-state index < -0.39 is 0 Å². The molecule has 0 bridgehead atoms. The molecule has 2 aliphatic rings. The summed E-state index contributed by atoms with van der Waals surface area (Å²) in [6.45, 7) is 4.55. The van der Waals surface area contributed by atoms with Crippen molar-refractivity contribution in [3.8, 4) is 0 Å². The van der Waals surface area contributed by atoms with Crippen molar-refractivity contribution in [2.45, 2.75) is 12.0 Å². The van der Waals surface area contributed by atoms with Crippen LogP contribution >= 0.6 is 35.7 Å². The van der Waals surface area contributed by atoms with Crippen LogP contribution in [0, 0.1) is 0 Å². The van der Waals surface area contributed by atoms with Crippen molar-refractivity contribution < 1.29 is 4.74 Å². The highest BCUT2D eigenvalue weighted by Gasteiger charge is 2.40. The van der Waals surface area contributed by atoms with E-state index in [1.54, 1.807) is 0 Å². The minimum absolute atomic E-state index is 0. The molecule has 5 nitrogen and oxygen atoms in total. The van der Waals surface area contributed by atoms with E-state index in [0.29, 0.717) is 5.96 Å². The van der Waals surface area contributed by atoms with Gasteiger partial charge in [0.1, 0.15) is 0 Å². The molecule has 2 aliphatic heterocycles. The molecule has 2 rings (SSSR count). The average Bonchev–Trinajstić information content (AvgIpc) is 2.87. The van der Waals surface area contributed by atoms with Crippen molar-refractivity contribution in [3.63, 3.8) is 0 Å². The quantitative estimate of drug-likeness (QED) is 0.429. The minimum Gasteiger partial charge on any atom is -0.379 e. The predicted molar refractivity (Wildman–Crippen MR) is 92.7 cm³/mol. The Hall–Kier alpha value is 0.270. The molecule has 0 aromatic rings. The van der Waals surface area contributed by atoms with Crippen molar-refractivity contribution in [1.29, 1.82) is 0 Å². The summed E-state index contributed by atoms with van der Waals surface area (Å²) in [6.07, 6.45) is 1.21. The molecule has 0 aromatic carbocycles. The van der Waals surface area contributed by atoms with E-state index in [0.717, 1.165) is 38.6 Å². The Balaban J connectivity index is 0.00000180. The molecule has 2 saturated heterocycles. The molecule has 112 valence electrons. The third-order valence-electron chi connectivity index (χ3n) is 3.76. The van der Waals surface area contributed by atoms with E-state index in [1.165, 1.54) is 12.2 Å². The number of hydrogen-bond donors (Lipinski definition) is 1. The number of nitrogens with two attached hydrogens (primary N) is 1. The third-order valence-corrected chi connectivity index (χ3v) is 4.99. The highest BCUT2D eigenvalue weighted by molar-refractivity contribution is 14.0. The zero-order chi connectivity index (χ0) is 13.0. The summed E-state index contributed by atoms with van der Waals surface area (Å²) >= 11 is 2.03. The van der Waals surface area contributed by atoms with Crippen LogP contribution in [-0.4, -0.2) is 79.7 Å². The first-order chi connectivity index (χ1) is 8.64. The number of hydrogen-bond acceptors (Lipinski definition) is 4. The summed E-state index contributed by atoms with van der Waals surface area (Å²) in [7, 11) is 3.87. The van der Waals surface area contributed by atoms with Crippen LogP contribution in [0.5, 0.6) is 0 Å². The predicted octanol–water partition coefficient (Wildman–Crippen LogP) is 0.689. The second-order valence-electron chi connectivity index (χ2n) is 5.20. The van der Waals surface area contributed by atoms with Gasteiger partial charge in [-0.3, -0.25) is 9.89 Å². The molecule has 1 atom stereocenters. The summed E-state index contributed by atoms with van der Waals surface area (Å²) in [5.74, 6) is 3.02. The molecule has 19 heavy (non-hydrogen) atoms. The van der Waals surface area contributed by atoms with Gasteiger partial charge in [0, 0.05) is 32.9 Å². The average molecular weight is 400 g/mol. The number of rotatable bonds is 3. The SMILES string of the molecule is CN(C)C(N)=NCC1(N2CCOCC2)CCSC1.I. The number of halogens is 1. The smallest absolute Gasteiger partial charge is 0.190 e. The first kappa shape index (κ1) is 17.3. The summed E-state index contributed by atoms with van der Waals surface area (Å²) in [4.78, 5) is 9.01. The van der Waals surface area contributed by atoms with E-state index in [4.69, 9.17) is 10.5 Å². The van der Waals surface area contributed by atoms with E-state index in [1.807, 2.05) is 30.8 Å². The molecule has 0 radical (unpaired) electrons. The van der Waals surface area contributed by atoms with Gasteiger partial charge in [0.05, 0.1) is 25.3 Å². The molecule has 0 aliphatic carbocycles. The van der Waals surface area contributed by atoms with Crippen LogP contribution < -0.4 is 5.73 Å². The van der Waals surface area contributed by atoms with Gasteiger partial charge in [-0.25, -0.2) is 0 Å². The van der Waals surface area contributed by atoms with E-state index >= 15 is 0 Å². The van der Waals surface area contributed by atoms with Crippen LogP contribution in [-0.2, 0) is 4.74 Å². The lowest BCUT2D eigenvalue weighted by molar-refractivity contribution is -0.0104. The van der Waals surface area contributed by atoms with Gasteiger partial charge in [0.15, 0.2) is 5.96 Å². The second-order valence-corrected chi connectivity index (χ2v) is 6.30. The fourth-order valence-corrected chi connectivity index (χ4v) is 3.94. The fraction of sp³-hybridized carbons (Fsp3) is 0.917. The maximum atomic E-state index is 5.91. The Bertz CT molecular complexity index is 302. The molecule has 0 aromatic heterocycles. The molecule has 2 N–H and O–H groups in total. The largest absolute Gasteiger partial charge is 0.379 e. The van der Waals surface area contributed by atoms with E-state index in [2.05, 4.69) is 9.89 Å². The number of guanidine groups is 1. The fourth-order valence-electron chi connectivity index (χ4n) is 2.48. The van der Waals surface area contributed by atoms with E-state index in [-0.39, 0.29) is 29.5 Å². The van der Waals surface area contributed by atoms with Gasteiger partial charge < -0.3 is 15.4 Å². The zero-order valence-electron chi connectivity index (χ0n) is 11.8. The Morgan fingerprint density at radius 1 is 1.42 bits per heavy atom. The molecule has 1 unspecified atom stereocenters. The number of morpholine rings is 1. The lowest BCUT2D eigenvalue weighted by Crippen LogP contribution is -2.56. The molecule has 0 spiro atoms. The first-order valence-corrected chi connectivity index (χ1v) is 7.67. The third kappa shape index (κ3) is 4.37. The standard InChI is InChI=1S/C12H24N4OS.HI/c1-15(2)11(13)14-9-12(3-8-18-10-12)16-4-6-17-7-5-16;/h3-10H2,1-2H3,(H2,13,14);1H. The first-order valence-electron chi connectivity index (χ1n) is 6.52. The van der Waals surface area contributed by atoms with Crippen LogP contribution in [0.2, 0.25) is 0 Å². The summed E-state index contributed by atoms with van der Waals surface area (Å²) in [5, 5.41) is 0. The van der Waals surface area contributed by atoms with Crippen molar-refractivity contribution in [1.82, 2.24) is 9.80 Å². The monoisotopic (exact) mass is 400 g/mol. The normalized spacial score (nSPS) is 29.1. The minimum atomic E-state index is 0. The van der Waals surface area contributed by atoms with Crippen molar-refractivity contribution >= 4 is 41.7 Å². The molecule has 0 saturated carbocycles. The maximum Gasteiger partial charge on any atom is 0.190 e. The molecule has 2 fully saturated rings. The summed E-state index contributed by atoms with van der Waals surface area (Å²) in [5.41, 5.74) is 6.11. The number of thioether (sulfide) groups is 1. The van der Waals surface area contributed by atoms with Gasteiger partial charge in [-0.2, -0.15) is 11.8 Å². The zero-order valence-corrected chi connectivity index (χ0v) is 14.9. The number of aliphatic imine (C=N–C) groups is 1. The molecule has 2 heterocycles. The molecule has 7 heteroatoms. The van der Waals surface area contributed by atoms with Gasteiger partial charge >= 0.3 is 0 Å². The van der Waals surface area contributed by atoms with Gasteiger partial charge in [0.2, 0.25) is 0 Å². The second kappa shape index (κ2) is 7.90. The Morgan fingerprint density at radius 2 is 2.11 bits per heavy atom. The lowest BCUT2D eigenvalue weighted by atomic mass is 9.96. The van der Waals surface area contributed by atoms with Crippen LogP contribution in [0.4, 0.5) is 0 Å². The summed E-state index contributed by atoms with van der Waals surface area (Å²) < 4.78 is 5.45.